The highest BCUT2D eigenvalue weighted by molar-refractivity contribution is 6.31. The highest BCUT2D eigenvalue weighted by Crippen LogP contribution is 2.26. The van der Waals surface area contributed by atoms with Crippen LogP contribution in [-0.4, -0.2) is 34.7 Å². The van der Waals surface area contributed by atoms with Crippen LogP contribution in [0.5, 0.6) is 11.5 Å². The Morgan fingerprint density at radius 2 is 1.76 bits per heavy atom. The van der Waals surface area contributed by atoms with Gasteiger partial charge in [-0.3, -0.25) is 4.79 Å². The normalized spacial score (nSPS) is 12.8. The number of phenolic OH excluding ortho intramolecular Hbond substituents is 1. The first-order valence-electron chi connectivity index (χ1n) is 10.6. The molecule has 0 saturated heterocycles. The zero-order chi connectivity index (χ0) is 24.1. The molecule has 1 aromatic heterocycles. The maximum absolute atomic E-state index is 10.4. The maximum atomic E-state index is 10.4. The molecule has 3 N–H and O–H groups in total. The summed E-state index contributed by atoms with van der Waals surface area (Å²) in [6, 6.07) is 17.2. The fraction of sp³-hybridized carbons (Fsp3) is 0.280. The number of carbonyl (C=O) groups is 1. The largest absolute Gasteiger partial charge is 0.508 e. The minimum Gasteiger partial charge on any atom is -0.508 e. The summed E-state index contributed by atoms with van der Waals surface area (Å²) in [4.78, 5) is 10.4. The molecule has 1 aliphatic carbocycles. The summed E-state index contributed by atoms with van der Waals surface area (Å²) in [5.74, 6) is 0.979. The van der Waals surface area contributed by atoms with E-state index < -0.39 is 0 Å². The first-order chi connectivity index (χ1) is 16.1. The Hall–Kier alpha value is -3.47. The van der Waals surface area contributed by atoms with Crippen LogP contribution in [0, 0.1) is 11.3 Å². The number of benzene rings is 2. The number of hydrogen-bond donors (Lipinski definition) is 2. The molecule has 1 aliphatic rings. The summed E-state index contributed by atoms with van der Waals surface area (Å²) in [6.45, 7) is 0. The lowest BCUT2D eigenvalue weighted by molar-refractivity contribution is 0.111. The van der Waals surface area contributed by atoms with E-state index in [2.05, 4.69) is 15.9 Å². The number of aromatic nitrogens is 2. The zero-order valence-corrected chi connectivity index (χ0v) is 19.2. The second-order valence-corrected chi connectivity index (χ2v) is 7.55. The number of halogens is 1. The molecule has 0 aliphatic heterocycles. The van der Waals surface area contributed by atoms with Crippen LogP contribution >= 0.6 is 11.6 Å². The second-order valence-electron chi connectivity index (χ2n) is 7.14. The van der Waals surface area contributed by atoms with Crippen molar-refractivity contribution in [2.45, 2.75) is 38.2 Å². The number of nitriles is 1. The van der Waals surface area contributed by atoms with Gasteiger partial charge in [0.1, 0.15) is 23.3 Å². The van der Waals surface area contributed by atoms with E-state index in [4.69, 9.17) is 26.7 Å². The van der Waals surface area contributed by atoms with E-state index in [0.29, 0.717) is 34.4 Å². The summed E-state index contributed by atoms with van der Waals surface area (Å²) in [6.07, 6.45) is 7.01. The standard InChI is InChI=1S/C13H14ClNO.C11H8N2O2.CH5N/c14-13-8-12(7-6-10(13)9-15)16-11-4-2-1-3-5-11;14-7-9-3-6-11(13-12-9)8-1-4-10(15)5-2-8;1-2/h6-8,11H,1-5H2;1-7,15H;2H2,1H3. The predicted octanol–water partition coefficient (Wildman–Crippen LogP) is 5.16. The van der Waals surface area contributed by atoms with Gasteiger partial charge in [0.25, 0.3) is 0 Å². The molecule has 0 amide bonds. The third-order valence-corrected chi connectivity index (χ3v) is 5.20. The van der Waals surface area contributed by atoms with Gasteiger partial charge in [0.05, 0.1) is 22.4 Å². The van der Waals surface area contributed by atoms with Crippen LogP contribution in [0.15, 0.2) is 54.6 Å². The molecular weight excluding hydrogens is 440 g/mol. The van der Waals surface area contributed by atoms with E-state index in [1.54, 1.807) is 48.5 Å². The van der Waals surface area contributed by atoms with Crippen molar-refractivity contribution in [2.24, 2.45) is 5.73 Å². The third kappa shape index (κ3) is 8.19. The van der Waals surface area contributed by atoms with Crippen LogP contribution in [-0.2, 0) is 0 Å². The smallest absolute Gasteiger partial charge is 0.170 e. The molecule has 0 unspecified atom stereocenters. The highest BCUT2D eigenvalue weighted by Gasteiger charge is 2.15. The molecule has 1 heterocycles. The number of ether oxygens (including phenoxy) is 1. The fourth-order valence-electron chi connectivity index (χ4n) is 3.23. The summed E-state index contributed by atoms with van der Waals surface area (Å²) in [7, 11) is 1.50. The molecule has 172 valence electrons. The van der Waals surface area contributed by atoms with Crippen molar-refractivity contribution in [2.75, 3.05) is 7.05 Å². The van der Waals surface area contributed by atoms with Crippen molar-refractivity contribution in [3.8, 4) is 28.8 Å². The van der Waals surface area contributed by atoms with Crippen LogP contribution in [0.1, 0.15) is 48.2 Å². The van der Waals surface area contributed by atoms with Gasteiger partial charge in [-0.2, -0.15) is 5.26 Å². The molecule has 0 spiro atoms. The quantitative estimate of drug-likeness (QED) is 0.509. The SMILES string of the molecule is CN.N#Cc1ccc(OC2CCCCC2)cc1Cl.O=Cc1ccc(-c2ccc(O)cc2)nn1. The summed E-state index contributed by atoms with van der Waals surface area (Å²) < 4.78 is 5.84. The molecule has 1 saturated carbocycles. The number of nitrogens with zero attached hydrogens (tertiary/aromatic N) is 3. The number of aldehydes is 1. The number of rotatable bonds is 4. The number of carbonyl (C=O) groups excluding carboxylic acids is 1. The minimum absolute atomic E-state index is 0.205. The Balaban J connectivity index is 0.000000218. The fourth-order valence-corrected chi connectivity index (χ4v) is 3.44. The monoisotopic (exact) mass is 466 g/mol. The van der Waals surface area contributed by atoms with E-state index in [1.807, 2.05) is 12.1 Å². The third-order valence-electron chi connectivity index (χ3n) is 4.88. The summed E-state index contributed by atoms with van der Waals surface area (Å²) in [5, 5.41) is 25.9. The van der Waals surface area contributed by atoms with Gasteiger partial charge in [-0.25, -0.2) is 0 Å². The van der Waals surface area contributed by atoms with Crippen molar-refractivity contribution in [1.82, 2.24) is 10.2 Å². The van der Waals surface area contributed by atoms with Crippen molar-refractivity contribution < 1.29 is 14.6 Å². The van der Waals surface area contributed by atoms with E-state index in [0.717, 1.165) is 24.2 Å². The van der Waals surface area contributed by atoms with Crippen molar-refractivity contribution >= 4 is 17.9 Å². The molecule has 1 fully saturated rings. The van der Waals surface area contributed by atoms with Crippen LogP contribution in [0.25, 0.3) is 11.3 Å². The Kier molecular flexibility index (Phi) is 10.8. The first kappa shape index (κ1) is 25.8. The molecule has 4 rings (SSSR count). The van der Waals surface area contributed by atoms with E-state index in [9.17, 15) is 4.79 Å². The van der Waals surface area contributed by atoms with E-state index in [-0.39, 0.29) is 5.75 Å². The van der Waals surface area contributed by atoms with E-state index in [1.165, 1.54) is 26.3 Å². The lowest BCUT2D eigenvalue weighted by Crippen LogP contribution is -2.19. The molecule has 0 atom stereocenters. The van der Waals surface area contributed by atoms with Gasteiger partial charge < -0.3 is 15.6 Å². The molecule has 0 radical (unpaired) electrons. The molecule has 2 aromatic carbocycles. The van der Waals surface area contributed by atoms with Gasteiger partial charge in [0, 0.05) is 11.6 Å². The average molecular weight is 467 g/mol. The van der Waals surface area contributed by atoms with Crippen LogP contribution in [0.3, 0.4) is 0 Å². The zero-order valence-electron chi connectivity index (χ0n) is 18.4. The second kappa shape index (κ2) is 13.8. The van der Waals surface area contributed by atoms with Gasteiger partial charge in [0.2, 0.25) is 0 Å². The topological polar surface area (TPSA) is 122 Å². The molecule has 3 aromatic rings. The molecule has 0 bridgehead atoms. The van der Waals surface area contributed by atoms with Gasteiger partial charge >= 0.3 is 0 Å². The lowest BCUT2D eigenvalue weighted by atomic mass is 9.98. The number of phenols is 1. The Morgan fingerprint density at radius 1 is 1.06 bits per heavy atom. The number of aromatic hydroxyl groups is 1. The summed E-state index contributed by atoms with van der Waals surface area (Å²) in [5.41, 5.74) is 6.81. The highest BCUT2D eigenvalue weighted by atomic mass is 35.5. The van der Waals surface area contributed by atoms with Crippen molar-refractivity contribution in [1.29, 1.82) is 5.26 Å². The Bertz CT molecular complexity index is 1040. The number of hydrogen-bond acceptors (Lipinski definition) is 7. The van der Waals surface area contributed by atoms with Gasteiger partial charge in [-0.05, 0) is 81.3 Å². The van der Waals surface area contributed by atoms with Crippen LogP contribution in [0.4, 0.5) is 0 Å². The molecule has 8 heteroatoms. The van der Waals surface area contributed by atoms with Crippen LogP contribution < -0.4 is 10.5 Å². The number of nitrogens with two attached hydrogens (primary N) is 1. The predicted molar refractivity (Wildman–Crippen MR) is 128 cm³/mol. The summed E-state index contributed by atoms with van der Waals surface area (Å²) >= 11 is 5.94. The maximum Gasteiger partial charge on any atom is 0.170 e. The van der Waals surface area contributed by atoms with Crippen LogP contribution in [0.2, 0.25) is 5.02 Å². The Labute approximate surface area is 198 Å². The molecule has 7 nitrogen and oxygen atoms in total. The van der Waals surface area contributed by atoms with Gasteiger partial charge in [-0.1, -0.05) is 18.0 Å². The van der Waals surface area contributed by atoms with Crippen molar-refractivity contribution in [3.63, 3.8) is 0 Å². The lowest BCUT2D eigenvalue weighted by Gasteiger charge is -2.23. The molecule has 33 heavy (non-hydrogen) atoms. The molecular formula is C25H27ClN4O3. The van der Waals surface area contributed by atoms with Crippen molar-refractivity contribution in [3.05, 3.63) is 70.9 Å². The van der Waals surface area contributed by atoms with Gasteiger partial charge in [0.15, 0.2) is 6.29 Å². The van der Waals surface area contributed by atoms with E-state index >= 15 is 0 Å². The Morgan fingerprint density at radius 3 is 2.30 bits per heavy atom. The first-order valence-corrected chi connectivity index (χ1v) is 11.0. The average Bonchev–Trinajstić information content (AvgIpc) is 2.87. The minimum atomic E-state index is 0.205. The van der Waals surface area contributed by atoms with Gasteiger partial charge in [-0.15, -0.1) is 10.2 Å².